The van der Waals surface area contributed by atoms with Crippen LogP contribution in [-0.4, -0.2) is 11.3 Å². The molecule has 0 aliphatic carbocycles. The molecule has 29 heavy (non-hydrogen) atoms. The first-order valence-corrected chi connectivity index (χ1v) is 9.86. The molecule has 1 atom stereocenters. The van der Waals surface area contributed by atoms with Crippen molar-refractivity contribution >= 4 is 38.5 Å². The van der Waals surface area contributed by atoms with Gasteiger partial charge in [0.15, 0.2) is 0 Å². The van der Waals surface area contributed by atoms with Crippen LogP contribution in [0.3, 0.4) is 0 Å². The summed E-state index contributed by atoms with van der Waals surface area (Å²) in [5.41, 5.74) is 1.89. The Labute approximate surface area is 169 Å². The van der Waals surface area contributed by atoms with Crippen LogP contribution in [0.4, 0.5) is 0 Å². The van der Waals surface area contributed by atoms with E-state index < -0.39 is 0 Å². The van der Waals surface area contributed by atoms with Gasteiger partial charge in [-0.2, -0.15) is 0 Å². The zero-order valence-corrected chi connectivity index (χ0v) is 16.2. The third-order valence-corrected chi connectivity index (χ3v) is 5.61. The number of phenols is 1. The molecule has 0 spiro atoms. The number of phenolic OH excluding ortho intramolecular Hbond substituents is 1. The van der Waals surface area contributed by atoms with E-state index in [0.29, 0.717) is 0 Å². The zero-order valence-electron chi connectivity index (χ0n) is 16.2. The minimum absolute atomic E-state index is 0.0274. The SMILES string of the molecule is C[C@H](N=Cc1ccc2ccc3ccc4ccccc4c3c2c1O)c1ccccc1. The summed E-state index contributed by atoms with van der Waals surface area (Å²) < 4.78 is 0. The molecular weight excluding hydrogens is 354 g/mol. The first-order chi connectivity index (χ1) is 14.2. The first-order valence-electron chi connectivity index (χ1n) is 9.86. The Kier molecular flexibility index (Phi) is 4.25. The normalized spacial score (nSPS) is 12.9. The molecule has 1 N–H and O–H groups in total. The second-order valence-corrected chi connectivity index (χ2v) is 7.42. The fourth-order valence-corrected chi connectivity index (χ4v) is 4.02. The van der Waals surface area contributed by atoms with Crippen LogP contribution in [-0.2, 0) is 0 Å². The summed E-state index contributed by atoms with van der Waals surface area (Å²) in [6, 6.07) is 31.0. The van der Waals surface area contributed by atoms with Gasteiger partial charge in [0, 0.05) is 22.6 Å². The number of rotatable bonds is 3. The molecule has 0 bridgehead atoms. The predicted molar refractivity (Wildman–Crippen MR) is 123 cm³/mol. The van der Waals surface area contributed by atoms with Gasteiger partial charge in [-0.1, -0.05) is 84.9 Å². The van der Waals surface area contributed by atoms with Crippen molar-refractivity contribution in [1.82, 2.24) is 0 Å². The fourth-order valence-electron chi connectivity index (χ4n) is 4.02. The van der Waals surface area contributed by atoms with Gasteiger partial charge < -0.3 is 5.11 Å². The van der Waals surface area contributed by atoms with E-state index in [1.54, 1.807) is 6.21 Å². The number of hydrogen-bond acceptors (Lipinski definition) is 2. The minimum Gasteiger partial charge on any atom is -0.507 e. The van der Waals surface area contributed by atoms with Gasteiger partial charge >= 0.3 is 0 Å². The molecule has 2 nitrogen and oxygen atoms in total. The van der Waals surface area contributed by atoms with Crippen LogP contribution in [0, 0.1) is 0 Å². The minimum atomic E-state index is 0.0274. The highest BCUT2D eigenvalue weighted by atomic mass is 16.3. The van der Waals surface area contributed by atoms with Crippen LogP contribution in [0.1, 0.15) is 24.1 Å². The summed E-state index contributed by atoms with van der Waals surface area (Å²) >= 11 is 0. The summed E-state index contributed by atoms with van der Waals surface area (Å²) in [4.78, 5) is 4.69. The van der Waals surface area contributed by atoms with E-state index in [2.05, 4.69) is 66.5 Å². The van der Waals surface area contributed by atoms with E-state index >= 15 is 0 Å². The molecule has 0 fully saturated rings. The van der Waals surface area contributed by atoms with Crippen molar-refractivity contribution in [2.24, 2.45) is 4.99 Å². The lowest BCUT2D eigenvalue weighted by Gasteiger charge is -2.11. The standard InChI is InChI=1S/C27H21NO/c1-18(19-7-3-2-4-8-19)28-17-23-16-15-22-14-13-21-12-11-20-9-5-6-10-24(20)25(21)26(22)27(23)29/h2-18,29H,1H3/t18-/m0/s1. The molecule has 0 aromatic heterocycles. The van der Waals surface area contributed by atoms with E-state index in [0.717, 1.165) is 38.1 Å². The largest absolute Gasteiger partial charge is 0.507 e. The lowest BCUT2D eigenvalue weighted by molar-refractivity contribution is 0.481. The Balaban J connectivity index is 1.70. The second-order valence-electron chi connectivity index (χ2n) is 7.42. The summed E-state index contributed by atoms with van der Waals surface area (Å²) in [7, 11) is 0. The van der Waals surface area contributed by atoms with Crippen molar-refractivity contribution in [3.63, 3.8) is 0 Å². The quantitative estimate of drug-likeness (QED) is 0.266. The molecule has 0 aliphatic rings. The van der Waals surface area contributed by atoms with Crippen molar-refractivity contribution in [2.45, 2.75) is 13.0 Å². The number of aromatic hydroxyl groups is 1. The zero-order chi connectivity index (χ0) is 19.8. The molecule has 0 saturated heterocycles. The number of aliphatic imine (C=N–C) groups is 1. The fraction of sp³-hybridized carbons (Fsp3) is 0.0741. The van der Waals surface area contributed by atoms with Gasteiger partial charge in [-0.15, -0.1) is 0 Å². The van der Waals surface area contributed by atoms with Crippen LogP contribution in [0.5, 0.6) is 5.75 Å². The van der Waals surface area contributed by atoms with Crippen LogP contribution in [0.25, 0.3) is 32.3 Å². The molecule has 0 heterocycles. The highest BCUT2D eigenvalue weighted by molar-refractivity contribution is 6.22. The number of benzene rings is 5. The van der Waals surface area contributed by atoms with Gasteiger partial charge in [0.2, 0.25) is 0 Å². The lowest BCUT2D eigenvalue weighted by Crippen LogP contribution is -1.92. The van der Waals surface area contributed by atoms with Crippen molar-refractivity contribution in [3.05, 3.63) is 102 Å². The smallest absolute Gasteiger partial charge is 0.132 e. The van der Waals surface area contributed by atoms with Gasteiger partial charge in [-0.25, -0.2) is 0 Å². The van der Waals surface area contributed by atoms with Gasteiger partial charge in [0.1, 0.15) is 5.75 Å². The molecule has 5 rings (SSSR count). The Morgan fingerprint density at radius 2 is 1.31 bits per heavy atom. The number of hydrogen-bond donors (Lipinski definition) is 1. The van der Waals surface area contributed by atoms with Crippen LogP contribution >= 0.6 is 0 Å². The number of fused-ring (bicyclic) bond motifs is 5. The van der Waals surface area contributed by atoms with Crippen molar-refractivity contribution in [1.29, 1.82) is 0 Å². The van der Waals surface area contributed by atoms with E-state index in [1.165, 1.54) is 5.39 Å². The third-order valence-electron chi connectivity index (χ3n) is 5.61. The second kappa shape index (κ2) is 7.06. The molecule has 0 saturated carbocycles. The van der Waals surface area contributed by atoms with Crippen molar-refractivity contribution < 1.29 is 5.11 Å². The van der Waals surface area contributed by atoms with Crippen LogP contribution in [0.15, 0.2) is 96.0 Å². The molecule has 0 aliphatic heterocycles. The summed E-state index contributed by atoms with van der Waals surface area (Å²) in [5.74, 6) is 0.286. The lowest BCUT2D eigenvalue weighted by atomic mass is 9.94. The Morgan fingerprint density at radius 3 is 2.10 bits per heavy atom. The predicted octanol–water partition coefficient (Wildman–Crippen LogP) is 7.03. The summed E-state index contributed by atoms with van der Waals surface area (Å²) in [6.07, 6.45) is 1.79. The molecule has 0 unspecified atom stereocenters. The molecule has 5 aromatic rings. The molecular formula is C27H21NO. The van der Waals surface area contributed by atoms with Gasteiger partial charge in [-0.05, 0) is 40.1 Å². The van der Waals surface area contributed by atoms with Crippen LogP contribution < -0.4 is 0 Å². The Hall–Kier alpha value is -3.65. The Bertz CT molecular complexity index is 1360. The van der Waals surface area contributed by atoms with Crippen LogP contribution in [0.2, 0.25) is 0 Å². The monoisotopic (exact) mass is 375 g/mol. The van der Waals surface area contributed by atoms with E-state index in [-0.39, 0.29) is 11.8 Å². The molecule has 5 aromatic carbocycles. The highest BCUT2D eigenvalue weighted by Crippen LogP contribution is 2.38. The molecule has 2 heteroatoms. The average Bonchev–Trinajstić information content (AvgIpc) is 2.78. The molecule has 140 valence electrons. The first kappa shape index (κ1) is 17.4. The average molecular weight is 375 g/mol. The third kappa shape index (κ3) is 3.03. The van der Waals surface area contributed by atoms with E-state index in [9.17, 15) is 5.11 Å². The number of nitrogens with zero attached hydrogens (tertiary/aromatic N) is 1. The van der Waals surface area contributed by atoms with E-state index in [4.69, 9.17) is 0 Å². The van der Waals surface area contributed by atoms with Gasteiger partial charge in [0.05, 0.1) is 6.04 Å². The highest BCUT2D eigenvalue weighted by Gasteiger charge is 2.12. The van der Waals surface area contributed by atoms with Crippen molar-refractivity contribution in [2.75, 3.05) is 0 Å². The van der Waals surface area contributed by atoms with E-state index in [1.807, 2.05) is 36.4 Å². The summed E-state index contributed by atoms with van der Waals surface area (Å²) in [5, 5.41) is 17.6. The summed E-state index contributed by atoms with van der Waals surface area (Å²) in [6.45, 7) is 2.06. The van der Waals surface area contributed by atoms with Gasteiger partial charge in [-0.3, -0.25) is 4.99 Å². The topological polar surface area (TPSA) is 32.6 Å². The maximum absolute atomic E-state index is 11.2. The van der Waals surface area contributed by atoms with Gasteiger partial charge in [0.25, 0.3) is 0 Å². The maximum Gasteiger partial charge on any atom is 0.132 e. The maximum atomic E-state index is 11.2. The molecule has 0 amide bonds. The molecule has 0 radical (unpaired) electrons. The van der Waals surface area contributed by atoms with Crippen molar-refractivity contribution in [3.8, 4) is 5.75 Å². The Morgan fingerprint density at radius 1 is 0.690 bits per heavy atom.